The minimum absolute atomic E-state index is 0.223. The van der Waals surface area contributed by atoms with Crippen LogP contribution in [-0.2, 0) is 0 Å². The molecule has 90 valence electrons. The summed E-state index contributed by atoms with van der Waals surface area (Å²) >= 11 is 6.02. The van der Waals surface area contributed by atoms with Crippen LogP contribution in [-0.4, -0.2) is 28.5 Å². The van der Waals surface area contributed by atoms with Gasteiger partial charge in [0.15, 0.2) is 0 Å². The molecule has 1 aromatic rings. The van der Waals surface area contributed by atoms with Gasteiger partial charge in [-0.25, -0.2) is 9.97 Å². The first-order valence-electron chi connectivity index (χ1n) is 5.59. The molecule has 0 bridgehead atoms. The third kappa shape index (κ3) is 4.66. The van der Waals surface area contributed by atoms with E-state index >= 15 is 0 Å². The fraction of sp³-hybridized carbons (Fsp3) is 0.636. The third-order valence-electron chi connectivity index (χ3n) is 2.14. The Kier molecular flexibility index (Phi) is 5.93. The Morgan fingerprint density at radius 2 is 2.25 bits per heavy atom. The summed E-state index contributed by atoms with van der Waals surface area (Å²) in [6.45, 7) is 5.42. The highest BCUT2D eigenvalue weighted by molar-refractivity contribution is 6.20. The van der Waals surface area contributed by atoms with E-state index in [-0.39, 0.29) is 5.38 Å². The number of ether oxygens (including phenoxy) is 1. The summed E-state index contributed by atoms with van der Waals surface area (Å²) in [6.07, 6.45) is 3.40. The monoisotopic (exact) mass is 243 g/mol. The molecule has 1 rings (SSSR count). The summed E-state index contributed by atoms with van der Waals surface area (Å²) in [7, 11) is 0. The molecule has 1 unspecified atom stereocenters. The highest BCUT2D eigenvalue weighted by Gasteiger charge is 2.02. The van der Waals surface area contributed by atoms with Crippen molar-refractivity contribution in [2.24, 2.45) is 0 Å². The van der Waals surface area contributed by atoms with Gasteiger partial charge in [0.2, 0.25) is 5.88 Å². The van der Waals surface area contributed by atoms with Crippen LogP contribution in [0.15, 0.2) is 12.4 Å². The largest absolute Gasteiger partial charge is 0.478 e. The molecule has 0 aliphatic heterocycles. The zero-order chi connectivity index (χ0) is 11.8. The van der Waals surface area contributed by atoms with Gasteiger partial charge in [-0.05, 0) is 19.8 Å². The van der Waals surface area contributed by atoms with Gasteiger partial charge >= 0.3 is 0 Å². The Labute approximate surface area is 101 Å². The van der Waals surface area contributed by atoms with E-state index in [0.717, 1.165) is 25.2 Å². The number of nitrogens with one attached hydrogen (secondary N) is 1. The van der Waals surface area contributed by atoms with Crippen molar-refractivity contribution >= 4 is 17.4 Å². The molecule has 0 fully saturated rings. The Balaban J connectivity index is 2.38. The molecule has 1 aromatic heterocycles. The average Bonchev–Trinajstić information content (AvgIpc) is 2.30. The van der Waals surface area contributed by atoms with Crippen molar-refractivity contribution in [3.63, 3.8) is 0 Å². The van der Waals surface area contributed by atoms with E-state index in [1.807, 2.05) is 6.92 Å². The van der Waals surface area contributed by atoms with Crippen molar-refractivity contribution < 1.29 is 4.74 Å². The van der Waals surface area contributed by atoms with Gasteiger partial charge in [0.25, 0.3) is 0 Å². The Morgan fingerprint density at radius 1 is 1.44 bits per heavy atom. The number of aromatic nitrogens is 2. The molecule has 0 saturated carbocycles. The maximum Gasteiger partial charge on any atom is 0.218 e. The lowest BCUT2D eigenvalue weighted by molar-refractivity contribution is 0.326. The fourth-order valence-corrected chi connectivity index (χ4v) is 1.33. The van der Waals surface area contributed by atoms with Gasteiger partial charge in [-0.15, -0.1) is 11.6 Å². The number of nitrogens with zero attached hydrogens (tertiary/aromatic N) is 2. The molecule has 0 aliphatic carbocycles. The van der Waals surface area contributed by atoms with Gasteiger partial charge in [-0.2, -0.15) is 0 Å². The molecule has 0 amide bonds. The number of hydrogen-bond acceptors (Lipinski definition) is 4. The SMILES string of the molecule is CCOc1cc(NCCC(Cl)CC)ncn1. The normalized spacial score (nSPS) is 12.2. The van der Waals surface area contributed by atoms with Gasteiger partial charge in [0.05, 0.1) is 6.61 Å². The molecule has 1 N–H and O–H groups in total. The Bertz CT molecular complexity index is 309. The standard InChI is InChI=1S/C11H18ClN3O/c1-3-9(12)5-6-13-10-7-11(16-4-2)15-8-14-10/h7-9H,3-6H2,1-2H3,(H,13,14,15). The maximum atomic E-state index is 6.02. The van der Waals surface area contributed by atoms with Crippen molar-refractivity contribution in [1.82, 2.24) is 9.97 Å². The van der Waals surface area contributed by atoms with Crippen molar-refractivity contribution in [2.45, 2.75) is 32.1 Å². The molecule has 0 saturated heterocycles. The summed E-state index contributed by atoms with van der Waals surface area (Å²) in [5.41, 5.74) is 0. The Morgan fingerprint density at radius 3 is 2.94 bits per heavy atom. The molecule has 0 aromatic carbocycles. The zero-order valence-corrected chi connectivity index (χ0v) is 10.5. The van der Waals surface area contributed by atoms with Gasteiger partial charge in [-0.1, -0.05) is 6.92 Å². The molecule has 0 spiro atoms. The van der Waals surface area contributed by atoms with Crippen LogP contribution >= 0.6 is 11.6 Å². The number of hydrogen-bond donors (Lipinski definition) is 1. The smallest absolute Gasteiger partial charge is 0.218 e. The lowest BCUT2D eigenvalue weighted by Crippen LogP contribution is -2.09. The predicted octanol–water partition coefficient (Wildman–Crippen LogP) is 2.69. The Hall–Kier alpha value is -1.03. The van der Waals surface area contributed by atoms with E-state index in [9.17, 15) is 0 Å². The molecular formula is C11H18ClN3O. The van der Waals surface area contributed by atoms with Crippen molar-refractivity contribution in [2.75, 3.05) is 18.5 Å². The third-order valence-corrected chi connectivity index (χ3v) is 2.67. The van der Waals surface area contributed by atoms with Crippen LogP contribution in [0.3, 0.4) is 0 Å². The summed E-state index contributed by atoms with van der Waals surface area (Å²) in [5, 5.41) is 3.42. The molecule has 0 radical (unpaired) electrons. The van der Waals surface area contributed by atoms with E-state index in [4.69, 9.17) is 16.3 Å². The van der Waals surface area contributed by atoms with Crippen LogP contribution in [0.4, 0.5) is 5.82 Å². The van der Waals surface area contributed by atoms with Gasteiger partial charge in [0.1, 0.15) is 12.1 Å². The van der Waals surface area contributed by atoms with Crippen LogP contribution < -0.4 is 10.1 Å². The number of alkyl halides is 1. The lowest BCUT2D eigenvalue weighted by atomic mass is 10.2. The quantitative estimate of drug-likeness (QED) is 0.748. The highest BCUT2D eigenvalue weighted by atomic mass is 35.5. The van der Waals surface area contributed by atoms with Crippen molar-refractivity contribution in [1.29, 1.82) is 0 Å². The second-order valence-electron chi connectivity index (χ2n) is 3.40. The molecule has 4 nitrogen and oxygen atoms in total. The second-order valence-corrected chi connectivity index (χ2v) is 4.01. The maximum absolute atomic E-state index is 6.02. The van der Waals surface area contributed by atoms with Crippen LogP contribution in [0.25, 0.3) is 0 Å². The average molecular weight is 244 g/mol. The first-order valence-corrected chi connectivity index (χ1v) is 6.02. The molecule has 0 aliphatic rings. The molecule has 1 atom stereocenters. The fourth-order valence-electron chi connectivity index (χ4n) is 1.22. The lowest BCUT2D eigenvalue weighted by Gasteiger charge is -2.09. The van der Waals surface area contributed by atoms with Gasteiger partial charge in [-0.3, -0.25) is 0 Å². The van der Waals surface area contributed by atoms with E-state index in [2.05, 4.69) is 22.2 Å². The molecular weight excluding hydrogens is 226 g/mol. The van der Waals surface area contributed by atoms with E-state index in [1.54, 1.807) is 6.07 Å². The van der Waals surface area contributed by atoms with Gasteiger partial charge in [0, 0.05) is 18.0 Å². The first kappa shape index (κ1) is 13.0. The summed E-state index contributed by atoms with van der Waals surface area (Å²) in [4.78, 5) is 8.09. The van der Waals surface area contributed by atoms with Crippen LogP contribution in [0.2, 0.25) is 0 Å². The van der Waals surface area contributed by atoms with Crippen molar-refractivity contribution in [3.05, 3.63) is 12.4 Å². The number of rotatable bonds is 7. The van der Waals surface area contributed by atoms with Crippen molar-refractivity contribution in [3.8, 4) is 5.88 Å². The number of halogens is 1. The van der Waals surface area contributed by atoms with Crippen LogP contribution in [0, 0.1) is 0 Å². The predicted molar refractivity (Wildman–Crippen MR) is 66.2 cm³/mol. The minimum Gasteiger partial charge on any atom is -0.478 e. The topological polar surface area (TPSA) is 47.0 Å². The first-order chi connectivity index (χ1) is 7.76. The molecule has 5 heteroatoms. The second kappa shape index (κ2) is 7.28. The van der Waals surface area contributed by atoms with Gasteiger partial charge < -0.3 is 10.1 Å². The molecule has 1 heterocycles. The summed E-state index contributed by atoms with van der Waals surface area (Å²) < 4.78 is 5.28. The van der Waals surface area contributed by atoms with Crippen LogP contribution in [0.5, 0.6) is 5.88 Å². The van der Waals surface area contributed by atoms with Crippen LogP contribution in [0.1, 0.15) is 26.7 Å². The van der Waals surface area contributed by atoms with E-state index in [1.165, 1.54) is 6.33 Å². The highest BCUT2D eigenvalue weighted by Crippen LogP contribution is 2.12. The minimum atomic E-state index is 0.223. The summed E-state index contributed by atoms with van der Waals surface area (Å²) in [6, 6.07) is 1.79. The summed E-state index contributed by atoms with van der Waals surface area (Å²) in [5.74, 6) is 1.37. The zero-order valence-electron chi connectivity index (χ0n) is 9.74. The van der Waals surface area contributed by atoms with E-state index in [0.29, 0.717) is 12.5 Å². The number of anilines is 1. The molecule has 16 heavy (non-hydrogen) atoms. The van der Waals surface area contributed by atoms with E-state index < -0.39 is 0 Å².